The zero-order valence-corrected chi connectivity index (χ0v) is 8.91. The van der Waals surface area contributed by atoms with Crippen molar-refractivity contribution >= 4 is 29.9 Å². The Morgan fingerprint density at radius 2 is 2.23 bits per heavy atom. The molecule has 0 saturated carbocycles. The number of thiol groups is 1. The average Bonchev–Trinajstić information content (AvgIpc) is 2.11. The summed E-state index contributed by atoms with van der Waals surface area (Å²) in [4.78, 5) is 0. The average molecular weight is 217 g/mol. The first kappa shape index (κ1) is 10.7. The van der Waals surface area contributed by atoms with Gasteiger partial charge >= 0.3 is 0 Å². The molecule has 0 spiro atoms. The van der Waals surface area contributed by atoms with E-state index >= 15 is 0 Å². The maximum absolute atomic E-state index is 5.96. The topological polar surface area (TPSA) is 38.0 Å². The van der Waals surface area contributed by atoms with Crippen molar-refractivity contribution in [2.24, 2.45) is 0 Å². The van der Waals surface area contributed by atoms with Crippen LogP contribution in [-0.4, -0.2) is 12.3 Å². The first-order chi connectivity index (χ1) is 6.24. The van der Waals surface area contributed by atoms with Crippen molar-refractivity contribution in [3.63, 3.8) is 0 Å². The number of rotatable bonds is 4. The molecule has 1 rings (SSSR count). The standard InChI is InChI=1S/C9H13ClN2S/c10-9-2-1-8(11)5-7(9)6-12-3-4-13/h1-2,5,12-13H,3-4,6,11H2. The van der Waals surface area contributed by atoms with Crippen LogP contribution in [0.15, 0.2) is 18.2 Å². The molecule has 0 aliphatic rings. The van der Waals surface area contributed by atoms with Gasteiger partial charge in [0.15, 0.2) is 0 Å². The monoisotopic (exact) mass is 216 g/mol. The number of hydrogen-bond donors (Lipinski definition) is 3. The van der Waals surface area contributed by atoms with Gasteiger partial charge in [0.2, 0.25) is 0 Å². The highest BCUT2D eigenvalue weighted by Crippen LogP contribution is 2.18. The molecule has 3 N–H and O–H groups in total. The van der Waals surface area contributed by atoms with E-state index in [1.165, 1.54) is 0 Å². The Morgan fingerprint density at radius 3 is 2.92 bits per heavy atom. The SMILES string of the molecule is Nc1ccc(Cl)c(CNCCS)c1. The molecule has 0 amide bonds. The Morgan fingerprint density at radius 1 is 1.46 bits per heavy atom. The van der Waals surface area contributed by atoms with Gasteiger partial charge in [-0.05, 0) is 23.8 Å². The van der Waals surface area contributed by atoms with E-state index in [2.05, 4.69) is 17.9 Å². The van der Waals surface area contributed by atoms with Gasteiger partial charge in [0.1, 0.15) is 0 Å². The molecule has 72 valence electrons. The number of halogens is 1. The molecule has 0 radical (unpaired) electrons. The molecule has 0 heterocycles. The first-order valence-corrected chi connectivity index (χ1v) is 5.10. The van der Waals surface area contributed by atoms with Crippen LogP contribution in [0.3, 0.4) is 0 Å². The molecular weight excluding hydrogens is 204 g/mol. The second kappa shape index (κ2) is 5.37. The van der Waals surface area contributed by atoms with E-state index in [0.717, 1.165) is 35.1 Å². The first-order valence-electron chi connectivity index (χ1n) is 4.09. The van der Waals surface area contributed by atoms with Crippen molar-refractivity contribution in [2.75, 3.05) is 18.0 Å². The minimum absolute atomic E-state index is 0.741. The van der Waals surface area contributed by atoms with Crippen molar-refractivity contribution < 1.29 is 0 Å². The third kappa shape index (κ3) is 3.46. The van der Waals surface area contributed by atoms with Crippen LogP contribution in [0.4, 0.5) is 5.69 Å². The van der Waals surface area contributed by atoms with Crippen molar-refractivity contribution in [3.8, 4) is 0 Å². The van der Waals surface area contributed by atoms with Gasteiger partial charge in [-0.15, -0.1) is 0 Å². The van der Waals surface area contributed by atoms with Crippen molar-refractivity contribution in [1.29, 1.82) is 0 Å². The third-order valence-electron chi connectivity index (χ3n) is 1.67. The van der Waals surface area contributed by atoms with Crippen LogP contribution in [0.5, 0.6) is 0 Å². The predicted molar refractivity (Wildman–Crippen MR) is 61.4 cm³/mol. The highest BCUT2D eigenvalue weighted by atomic mass is 35.5. The second-order valence-corrected chi connectivity index (χ2v) is 3.61. The van der Waals surface area contributed by atoms with Gasteiger partial charge in [-0.2, -0.15) is 12.6 Å². The Kier molecular flexibility index (Phi) is 4.42. The van der Waals surface area contributed by atoms with Crippen molar-refractivity contribution in [2.45, 2.75) is 6.54 Å². The van der Waals surface area contributed by atoms with Crippen LogP contribution >= 0.6 is 24.2 Å². The summed E-state index contributed by atoms with van der Waals surface area (Å²) in [5.41, 5.74) is 7.40. The van der Waals surface area contributed by atoms with E-state index in [4.69, 9.17) is 17.3 Å². The molecule has 0 aliphatic heterocycles. The molecule has 0 fully saturated rings. The van der Waals surface area contributed by atoms with Gasteiger partial charge in [-0.3, -0.25) is 0 Å². The van der Waals surface area contributed by atoms with Crippen molar-refractivity contribution in [3.05, 3.63) is 28.8 Å². The third-order valence-corrected chi connectivity index (χ3v) is 2.27. The molecule has 2 nitrogen and oxygen atoms in total. The molecule has 0 saturated heterocycles. The van der Waals surface area contributed by atoms with Gasteiger partial charge in [0, 0.05) is 29.6 Å². The molecule has 13 heavy (non-hydrogen) atoms. The van der Waals surface area contributed by atoms with Gasteiger partial charge in [-0.25, -0.2) is 0 Å². The minimum Gasteiger partial charge on any atom is -0.399 e. The fraction of sp³-hybridized carbons (Fsp3) is 0.333. The number of anilines is 1. The lowest BCUT2D eigenvalue weighted by Gasteiger charge is -2.06. The largest absolute Gasteiger partial charge is 0.399 e. The number of nitrogens with one attached hydrogen (secondary N) is 1. The minimum atomic E-state index is 0.741. The summed E-state index contributed by atoms with van der Waals surface area (Å²) in [5, 5.41) is 3.95. The van der Waals surface area contributed by atoms with Gasteiger partial charge in [-0.1, -0.05) is 11.6 Å². The summed E-state index contributed by atoms with van der Waals surface area (Å²) in [6, 6.07) is 5.49. The number of benzene rings is 1. The van der Waals surface area contributed by atoms with Gasteiger partial charge in [0.25, 0.3) is 0 Å². The Labute approximate surface area is 88.9 Å². The molecule has 0 aliphatic carbocycles. The van der Waals surface area contributed by atoms with Crippen LogP contribution in [0, 0.1) is 0 Å². The number of nitrogens with two attached hydrogens (primary N) is 1. The molecular formula is C9H13ClN2S. The van der Waals surface area contributed by atoms with E-state index in [0.29, 0.717) is 0 Å². The summed E-state index contributed by atoms with van der Waals surface area (Å²) in [5.74, 6) is 0.819. The summed E-state index contributed by atoms with van der Waals surface area (Å²) in [7, 11) is 0. The highest BCUT2D eigenvalue weighted by molar-refractivity contribution is 7.80. The zero-order valence-electron chi connectivity index (χ0n) is 7.26. The van der Waals surface area contributed by atoms with Crippen LogP contribution < -0.4 is 11.1 Å². The molecule has 0 aromatic heterocycles. The molecule has 0 bridgehead atoms. The van der Waals surface area contributed by atoms with E-state index < -0.39 is 0 Å². The summed E-state index contributed by atoms with van der Waals surface area (Å²) < 4.78 is 0. The molecule has 0 atom stereocenters. The van der Waals surface area contributed by atoms with Crippen LogP contribution in [0.1, 0.15) is 5.56 Å². The molecule has 1 aromatic rings. The summed E-state index contributed by atoms with van der Waals surface area (Å²) >= 11 is 10.1. The van der Waals surface area contributed by atoms with E-state index in [9.17, 15) is 0 Å². The van der Waals surface area contributed by atoms with Gasteiger partial charge in [0.05, 0.1) is 0 Å². The maximum Gasteiger partial charge on any atom is 0.0452 e. The molecule has 0 unspecified atom stereocenters. The Hall–Kier alpha value is -0.380. The van der Waals surface area contributed by atoms with E-state index in [1.807, 2.05) is 12.1 Å². The van der Waals surface area contributed by atoms with Crippen LogP contribution in [-0.2, 0) is 6.54 Å². The Bertz CT molecular complexity index is 278. The second-order valence-electron chi connectivity index (χ2n) is 2.75. The molecule has 4 heteroatoms. The fourth-order valence-electron chi connectivity index (χ4n) is 1.03. The lowest BCUT2D eigenvalue weighted by Crippen LogP contribution is -2.16. The predicted octanol–water partition coefficient (Wildman–Crippen LogP) is 1.94. The lowest BCUT2D eigenvalue weighted by atomic mass is 10.2. The van der Waals surface area contributed by atoms with Gasteiger partial charge < -0.3 is 11.1 Å². The highest BCUT2D eigenvalue weighted by Gasteiger charge is 1.99. The summed E-state index contributed by atoms with van der Waals surface area (Å²) in [6.45, 7) is 1.61. The molecule has 1 aromatic carbocycles. The Balaban J connectivity index is 2.59. The number of hydrogen-bond acceptors (Lipinski definition) is 3. The summed E-state index contributed by atoms with van der Waals surface area (Å²) in [6.07, 6.45) is 0. The number of nitrogen functional groups attached to an aromatic ring is 1. The lowest BCUT2D eigenvalue weighted by molar-refractivity contribution is 0.733. The zero-order chi connectivity index (χ0) is 9.68. The normalized spacial score (nSPS) is 10.3. The quantitative estimate of drug-likeness (QED) is 0.409. The smallest absolute Gasteiger partial charge is 0.0452 e. The fourth-order valence-corrected chi connectivity index (χ4v) is 1.37. The van der Waals surface area contributed by atoms with E-state index in [1.54, 1.807) is 6.07 Å². The van der Waals surface area contributed by atoms with Crippen molar-refractivity contribution in [1.82, 2.24) is 5.32 Å². The van der Waals surface area contributed by atoms with E-state index in [-0.39, 0.29) is 0 Å². The van der Waals surface area contributed by atoms with Crippen LogP contribution in [0.2, 0.25) is 5.02 Å². The van der Waals surface area contributed by atoms with Crippen LogP contribution in [0.25, 0.3) is 0 Å². The maximum atomic E-state index is 5.96.